The van der Waals surface area contributed by atoms with E-state index in [2.05, 4.69) is 10.3 Å². The first-order valence-electron chi connectivity index (χ1n) is 5.84. The van der Waals surface area contributed by atoms with Crippen LogP contribution < -0.4 is 5.32 Å². The number of rotatable bonds is 6. The van der Waals surface area contributed by atoms with Crippen molar-refractivity contribution in [3.63, 3.8) is 0 Å². The Morgan fingerprint density at radius 1 is 1.61 bits per heavy atom. The summed E-state index contributed by atoms with van der Waals surface area (Å²) in [5.41, 5.74) is 0.107. The zero-order valence-corrected chi connectivity index (χ0v) is 12.1. The first-order valence-corrected chi connectivity index (χ1v) is 6.66. The third-order valence-corrected chi connectivity index (χ3v) is 3.99. The molecule has 1 unspecified atom stereocenters. The lowest BCUT2D eigenvalue weighted by molar-refractivity contribution is 0.0851. The summed E-state index contributed by atoms with van der Waals surface area (Å²) in [5, 5.41) is 12.9. The number of nitrogens with one attached hydrogen (secondary N) is 1. The number of methoxy groups -OCH3 is 1. The SMILES string of the molecule is CCC(C)(CO)NC(=O)c1sc(COC)nc1C. The van der Waals surface area contributed by atoms with Crippen LogP contribution in [0.2, 0.25) is 0 Å². The van der Waals surface area contributed by atoms with E-state index < -0.39 is 5.54 Å². The maximum atomic E-state index is 12.1. The van der Waals surface area contributed by atoms with E-state index in [1.807, 2.05) is 13.8 Å². The zero-order chi connectivity index (χ0) is 13.8. The maximum Gasteiger partial charge on any atom is 0.263 e. The molecule has 0 bridgehead atoms. The van der Waals surface area contributed by atoms with E-state index in [4.69, 9.17) is 4.74 Å². The van der Waals surface area contributed by atoms with E-state index in [-0.39, 0.29) is 12.5 Å². The van der Waals surface area contributed by atoms with Gasteiger partial charge in [-0.3, -0.25) is 4.79 Å². The van der Waals surface area contributed by atoms with Gasteiger partial charge in [-0.2, -0.15) is 0 Å². The monoisotopic (exact) mass is 272 g/mol. The van der Waals surface area contributed by atoms with Crippen LogP contribution in [-0.2, 0) is 11.3 Å². The fraction of sp³-hybridized carbons (Fsp3) is 0.667. The van der Waals surface area contributed by atoms with E-state index in [9.17, 15) is 9.90 Å². The molecule has 6 heteroatoms. The summed E-state index contributed by atoms with van der Waals surface area (Å²) in [4.78, 5) is 17.0. The molecule has 102 valence electrons. The lowest BCUT2D eigenvalue weighted by atomic mass is 10.0. The van der Waals surface area contributed by atoms with Gasteiger partial charge in [0.2, 0.25) is 0 Å². The second-order valence-electron chi connectivity index (χ2n) is 4.48. The highest BCUT2D eigenvalue weighted by molar-refractivity contribution is 7.13. The van der Waals surface area contributed by atoms with Gasteiger partial charge < -0.3 is 15.2 Å². The summed E-state index contributed by atoms with van der Waals surface area (Å²) >= 11 is 1.32. The molecule has 5 nitrogen and oxygen atoms in total. The molecule has 0 aliphatic carbocycles. The van der Waals surface area contributed by atoms with Crippen LogP contribution >= 0.6 is 11.3 Å². The quantitative estimate of drug-likeness (QED) is 0.823. The second-order valence-corrected chi connectivity index (χ2v) is 5.57. The number of hydrogen-bond donors (Lipinski definition) is 2. The van der Waals surface area contributed by atoms with Gasteiger partial charge in [0.25, 0.3) is 5.91 Å². The van der Waals surface area contributed by atoms with E-state index >= 15 is 0 Å². The first-order chi connectivity index (χ1) is 8.45. The van der Waals surface area contributed by atoms with Gasteiger partial charge in [-0.05, 0) is 20.3 Å². The summed E-state index contributed by atoms with van der Waals surface area (Å²) in [6.07, 6.45) is 0.665. The van der Waals surface area contributed by atoms with Crippen LogP contribution in [0, 0.1) is 6.92 Å². The maximum absolute atomic E-state index is 12.1. The molecule has 0 aliphatic rings. The third-order valence-electron chi connectivity index (χ3n) is 2.86. The first kappa shape index (κ1) is 15.1. The minimum Gasteiger partial charge on any atom is -0.394 e. The highest BCUT2D eigenvalue weighted by Gasteiger charge is 2.26. The molecule has 1 aromatic rings. The Balaban J connectivity index is 2.84. The molecule has 2 N–H and O–H groups in total. The Bertz CT molecular complexity index is 413. The molecule has 1 aromatic heterocycles. The summed E-state index contributed by atoms with van der Waals surface area (Å²) in [7, 11) is 1.59. The number of carbonyl (C=O) groups is 1. The van der Waals surface area contributed by atoms with Crippen LogP contribution in [0.4, 0.5) is 0 Å². The molecule has 0 aliphatic heterocycles. The smallest absolute Gasteiger partial charge is 0.263 e. The Labute approximate surface area is 111 Å². The van der Waals surface area contributed by atoms with Gasteiger partial charge in [-0.25, -0.2) is 4.98 Å². The van der Waals surface area contributed by atoms with Crippen molar-refractivity contribution in [1.29, 1.82) is 0 Å². The lowest BCUT2D eigenvalue weighted by Gasteiger charge is -2.26. The van der Waals surface area contributed by atoms with Crippen LogP contribution in [0.25, 0.3) is 0 Å². The van der Waals surface area contributed by atoms with Gasteiger partial charge in [0, 0.05) is 7.11 Å². The Kier molecular flexibility index (Phi) is 5.25. The number of hydrogen-bond acceptors (Lipinski definition) is 5. The fourth-order valence-corrected chi connectivity index (χ4v) is 2.35. The predicted molar refractivity (Wildman–Crippen MR) is 70.8 cm³/mol. The Hall–Kier alpha value is -0.980. The normalized spacial score (nSPS) is 14.3. The number of nitrogens with zero attached hydrogens (tertiary/aromatic N) is 1. The number of amides is 1. The van der Waals surface area contributed by atoms with Crippen molar-refractivity contribution in [3.05, 3.63) is 15.6 Å². The van der Waals surface area contributed by atoms with Crippen molar-refractivity contribution in [2.45, 2.75) is 39.3 Å². The molecule has 1 atom stereocenters. The fourth-order valence-electron chi connectivity index (χ4n) is 1.42. The average molecular weight is 272 g/mol. The molecule has 0 spiro atoms. The van der Waals surface area contributed by atoms with Crippen molar-refractivity contribution >= 4 is 17.2 Å². The largest absolute Gasteiger partial charge is 0.394 e. The molecule has 18 heavy (non-hydrogen) atoms. The number of thiazole rings is 1. The number of aliphatic hydroxyl groups excluding tert-OH is 1. The van der Waals surface area contributed by atoms with E-state index in [0.29, 0.717) is 23.6 Å². The summed E-state index contributed by atoms with van der Waals surface area (Å²) < 4.78 is 5.00. The summed E-state index contributed by atoms with van der Waals surface area (Å²) in [5.74, 6) is -0.189. The van der Waals surface area contributed by atoms with E-state index in [1.165, 1.54) is 11.3 Å². The molecule has 0 aromatic carbocycles. The van der Waals surface area contributed by atoms with Crippen LogP contribution in [0.1, 0.15) is 40.6 Å². The summed E-state index contributed by atoms with van der Waals surface area (Å²) in [6.45, 7) is 5.86. The molecule has 0 fully saturated rings. The number of carbonyl (C=O) groups excluding carboxylic acids is 1. The number of aromatic nitrogens is 1. The van der Waals surface area contributed by atoms with Gasteiger partial charge >= 0.3 is 0 Å². The highest BCUT2D eigenvalue weighted by atomic mass is 32.1. The molecule has 0 saturated heterocycles. The second kappa shape index (κ2) is 6.26. The van der Waals surface area contributed by atoms with E-state index in [0.717, 1.165) is 5.01 Å². The number of aliphatic hydroxyl groups is 1. The van der Waals surface area contributed by atoms with Gasteiger partial charge in [-0.15, -0.1) is 11.3 Å². The van der Waals surface area contributed by atoms with Gasteiger partial charge in [0.1, 0.15) is 9.88 Å². The van der Waals surface area contributed by atoms with Crippen LogP contribution in [0.15, 0.2) is 0 Å². The molecule has 1 heterocycles. The van der Waals surface area contributed by atoms with Crippen LogP contribution in [0.3, 0.4) is 0 Å². The van der Waals surface area contributed by atoms with Crippen LogP contribution in [0.5, 0.6) is 0 Å². The number of aryl methyl sites for hydroxylation is 1. The Morgan fingerprint density at radius 2 is 2.28 bits per heavy atom. The molecular formula is C12H20N2O3S. The molecule has 1 amide bonds. The van der Waals surface area contributed by atoms with Crippen molar-refractivity contribution in [1.82, 2.24) is 10.3 Å². The minimum absolute atomic E-state index is 0.0853. The molecule has 1 rings (SSSR count). The van der Waals surface area contributed by atoms with Gasteiger partial charge in [0.05, 0.1) is 24.4 Å². The van der Waals surface area contributed by atoms with Gasteiger partial charge in [0.15, 0.2) is 0 Å². The van der Waals surface area contributed by atoms with Crippen molar-refractivity contribution in [3.8, 4) is 0 Å². The average Bonchev–Trinajstić information content (AvgIpc) is 2.70. The Morgan fingerprint density at radius 3 is 2.78 bits per heavy atom. The topological polar surface area (TPSA) is 71.5 Å². The molecule has 0 radical (unpaired) electrons. The van der Waals surface area contributed by atoms with Crippen LogP contribution in [-0.4, -0.2) is 35.3 Å². The van der Waals surface area contributed by atoms with Crippen molar-refractivity contribution < 1.29 is 14.6 Å². The standard InChI is InChI=1S/C12H20N2O3S/c1-5-12(3,7-15)14-11(16)10-8(2)13-9(18-10)6-17-4/h15H,5-7H2,1-4H3,(H,14,16). The molecular weight excluding hydrogens is 252 g/mol. The van der Waals surface area contributed by atoms with Crippen molar-refractivity contribution in [2.24, 2.45) is 0 Å². The summed E-state index contributed by atoms with van der Waals surface area (Å²) in [6, 6.07) is 0. The minimum atomic E-state index is -0.588. The van der Waals surface area contributed by atoms with Crippen molar-refractivity contribution in [2.75, 3.05) is 13.7 Å². The van der Waals surface area contributed by atoms with E-state index in [1.54, 1.807) is 14.0 Å². The predicted octanol–water partition coefficient (Wildman–Crippen LogP) is 1.49. The lowest BCUT2D eigenvalue weighted by Crippen LogP contribution is -2.48. The number of ether oxygens (including phenoxy) is 1. The van der Waals surface area contributed by atoms with Gasteiger partial charge in [-0.1, -0.05) is 6.92 Å². The molecule has 0 saturated carbocycles. The zero-order valence-electron chi connectivity index (χ0n) is 11.2. The third kappa shape index (κ3) is 3.51. The highest BCUT2D eigenvalue weighted by Crippen LogP contribution is 2.20.